The van der Waals surface area contributed by atoms with Gasteiger partial charge in [0.25, 0.3) is 0 Å². The summed E-state index contributed by atoms with van der Waals surface area (Å²) in [7, 11) is 1.65. The first-order chi connectivity index (χ1) is 8.74. The van der Waals surface area contributed by atoms with Gasteiger partial charge >= 0.3 is 5.97 Å². The van der Waals surface area contributed by atoms with E-state index in [0.29, 0.717) is 24.7 Å². The van der Waals surface area contributed by atoms with Gasteiger partial charge in [0.15, 0.2) is 6.29 Å². The third-order valence-corrected chi connectivity index (χ3v) is 3.12. The monoisotopic (exact) mass is 250 g/mol. The minimum Gasteiger partial charge on any atom is -0.462 e. The van der Waals surface area contributed by atoms with Crippen molar-refractivity contribution >= 4 is 5.97 Å². The predicted octanol–water partition coefficient (Wildman–Crippen LogP) is 2.34. The number of ether oxygens (including phenoxy) is 3. The second-order valence-electron chi connectivity index (χ2n) is 4.27. The number of hydrogen-bond donors (Lipinski definition) is 0. The molecule has 4 nitrogen and oxygen atoms in total. The van der Waals surface area contributed by atoms with Crippen LogP contribution in [0.25, 0.3) is 0 Å². The molecule has 0 radical (unpaired) electrons. The number of carbonyl (C=O) groups is 1. The van der Waals surface area contributed by atoms with Crippen LogP contribution in [0.15, 0.2) is 24.3 Å². The minimum atomic E-state index is -0.276. The molecule has 2 atom stereocenters. The maximum Gasteiger partial charge on any atom is 0.338 e. The zero-order chi connectivity index (χ0) is 13.0. The first-order valence-corrected chi connectivity index (χ1v) is 6.16. The van der Waals surface area contributed by atoms with Gasteiger partial charge in [0.05, 0.1) is 18.8 Å². The molecule has 1 aliphatic heterocycles. The zero-order valence-corrected chi connectivity index (χ0v) is 10.7. The summed E-state index contributed by atoms with van der Waals surface area (Å²) < 4.78 is 15.6. The van der Waals surface area contributed by atoms with Gasteiger partial charge in [0.2, 0.25) is 0 Å². The molecule has 98 valence electrons. The van der Waals surface area contributed by atoms with Crippen molar-refractivity contribution in [3.8, 4) is 0 Å². The summed E-state index contributed by atoms with van der Waals surface area (Å²) in [4.78, 5) is 11.5. The van der Waals surface area contributed by atoms with Gasteiger partial charge in [-0.1, -0.05) is 12.1 Å². The molecule has 0 saturated carbocycles. The molecular weight excluding hydrogens is 232 g/mol. The van der Waals surface area contributed by atoms with Crippen LogP contribution in [0.1, 0.15) is 35.2 Å². The van der Waals surface area contributed by atoms with Crippen molar-refractivity contribution in [3.05, 3.63) is 35.4 Å². The fraction of sp³-hybridized carbons (Fsp3) is 0.500. The molecule has 2 rings (SSSR count). The van der Waals surface area contributed by atoms with E-state index in [-0.39, 0.29) is 12.3 Å². The lowest BCUT2D eigenvalue weighted by Crippen LogP contribution is -2.06. The Bertz CT molecular complexity index is 399. The van der Waals surface area contributed by atoms with E-state index in [0.717, 1.165) is 6.42 Å². The van der Waals surface area contributed by atoms with Gasteiger partial charge in [0.1, 0.15) is 0 Å². The molecule has 1 aliphatic rings. The van der Waals surface area contributed by atoms with Gasteiger partial charge in [-0.25, -0.2) is 4.79 Å². The van der Waals surface area contributed by atoms with E-state index in [1.165, 1.54) is 5.56 Å². The van der Waals surface area contributed by atoms with E-state index in [2.05, 4.69) is 0 Å². The molecule has 1 heterocycles. The maximum atomic E-state index is 11.5. The lowest BCUT2D eigenvalue weighted by atomic mass is 9.97. The van der Waals surface area contributed by atoms with Crippen LogP contribution in [0, 0.1) is 0 Å². The van der Waals surface area contributed by atoms with Gasteiger partial charge < -0.3 is 14.2 Å². The summed E-state index contributed by atoms with van der Waals surface area (Å²) in [5.74, 6) is 0.0627. The highest BCUT2D eigenvalue weighted by molar-refractivity contribution is 5.89. The largest absolute Gasteiger partial charge is 0.462 e. The Labute approximate surface area is 107 Å². The van der Waals surface area contributed by atoms with Crippen LogP contribution >= 0.6 is 0 Å². The quantitative estimate of drug-likeness (QED) is 0.769. The van der Waals surface area contributed by atoms with Crippen LogP contribution in [-0.4, -0.2) is 32.6 Å². The lowest BCUT2D eigenvalue weighted by molar-refractivity contribution is -0.0880. The highest BCUT2D eigenvalue weighted by atomic mass is 16.7. The van der Waals surface area contributed by atoms with E-state index < -0.39 is 0 Å². The van der Waals surface area contributed by atoms with Crippen molar-refractivity contribution in [1.29, 1.82) is 0 Å². The molecule has 0 spiro atoms. The van der Waals surface area contributed by atoms with Crippen molar-refractivity contribution in [2.75, 3.05) is 20.3 Å². The Balaban J connectivity index is 2.02. The van der Waals surface area contributed by atoms with Gasteiger partial charge in [-0.05, 0) is 24.6 Å². The summed E-state index contributed by atoms with van der Waals surface area (Å²) in [5.41, 5.74) is 1.76. The van der Waals surface area contributed by atoms with Crippen LogP contribution in [0.2, 0.25) is 0 Å². The highest BCUT2D eigenvalue weighted by Crippen LogP contribution is 2.29. The molecule has 0 N–H and O–H groups in total. The standard InChI is InChI=1S/C14H18O4/c1-3-17-14(15)11-6-4-10(5-7-11)12-8-13(16-2)18-9-12/h4-7,12-13H,3,8-9H2,1-2H3. The van der Waals surface area contributed by atoms with Crippen molar-refractivity contribution < 1.29 is 19.0 Å². The molecule has 1 saturated heterocycles. The minimum absolute atomic E-state index is 0.111. The predicted molar refractivity (Wildman–Crippen MR) is 66.5 cm³/mol. The molecular formula is C14H18O4. The van der Waals surface area contributed by atoms with Gasteiger partial charge in [0, 0.05) is 19.4 Å². The summed E-state index contributed by atoms with van der Waals surface area (Å²) in [5, 5.41) is 0. The van der Waals surface area contributed by atoms with E-state index >= 15 is 0 Å². The van der Waals surface area contributed by atoms with Crippen LogP contribution in [0.4, 0.5) is 0 Å². The van der Waals surface area contributed by atoms with Crippen molar-refractivity contribution in [1.82, 2.24) is 0 Å². The van der Waals surface area contributed by atoms with E-state index in [4.69, 9.17) is 14.2 Å². The Morgan fingerprint density at radius 1 is 1.39 bits per heavy atom. The molecule has 0 amide bonds. The Morgan fingerprint density at radius 2 is 2.11 bits per heavy atom. The van der Waals surface area contributed by atoms with Gasteiger partial charge in [-0.15, -0.1) is 0 Å². The molecule has 0 aliphatic carbocycles. The number of hydrogen-bond acceptors (Lipinski definition) is 4. The second-order valence-corrected chi connectivity index (χ2v) is 4.27. The average molecular weight is 250 g/mol. The highest BCUT2D eigenvalue weighted by Gasteiger charge is 2.26. The Hall–Kier alpha value is -1.39. The van der Waals surface area contributed by atoms with Gasteiger partial charge in [-0.2, -0.15) is 0 Å². The third kappa shape index (κ3) is 2.89. The van der Waals surface area contributed by atoms with Crippen molar-refractivity contribution in [3.63, 3.8) is 0 Å². The van der Waals surface area contributed by atoms with Crippen LogP contribution < -0.4 is 0 Å². The summed E-state index contributed by atoms with van der Waals surface area (Å²) in [6, 6.07) is 7.51. The lowest BCUT2D eigenvalue weighted by Gasteiger charge is -2.09. The fourth-order valence-electron chi connectivity index (χ4n) is 2.09. The zero-order valence-electron chi connectivity index (χ0n) is 10.7. The Kier molecular flexibility index (Phi) is 4.33. The van der Waals surface area contributed by atoms with Crippen LogP contribution in [0.5, 0.6) is 0 Å². The molecule has 0 aromatic heterocycles. The Morgan fingerprint density at radius 3 is 2.67 bits per heavy atom. The summed E-state index contributed by atoms with van der Waals surface area (Å²) >= 11 is 0. The van der Waals surface area contributed by atoms with E-state index in [9.17, 15) is 4.79 Å². The number of esters is 1. The molecule has 1 fully saturated rings. The molecule has 1 aromatic carbocycles. The second kappa shape index (κ2) is 5.98. The first kappa shape index (κ1) is 13.1. The van der Waals surface area contributed by atoms with E-state index in [1.807, 2.05) is 12.1 Å². The molecule has 4 heteroatoms. The molecule has 0 bridgehead atoms. The fourth-order valence-corrected chi connectivity index (χ4v) is 2.09. The first-order valence-electron chi connectivity index (χ1n) is 6.16. The number of methoxy groups -OCH3 is 1. The van der Waals surface area contributed by atoms with Crippen molar-refractivity contribution in [2.24, 2.45) is 0 Å². The van der Waals surface area contributed by atoms with Crippen LogP contribution in [-0.2, 0) is 14.2 Å². The topological polar surface area (TPSA) is 44.8 Å². The molecule has 18 heavy (non-hydrogen) atoms. The third-order valence-electron chi connectivity index (χ3n) is 3.12. The number of rotatable bonds is 4. The molecule has 2 unspecified atom stereocenters. The summed E-state index contributed by atoms with van der Waals surface area (Å²) in [6.45, 7) is 2.86. The van der Waals surface area contributed by atoms with Crippen molar-refractivity contribution in [2.45, 2.75) is 25.6 Å². The average Bonchev–Trinajstić information content (AvgIpc) is 2.88. The van der Waals surface area contributed by atoms with E-state index in [1.54, 1.807) is 26.2 Å². The van der Waals surface area contributed by atoms with Gasteiger partial charge in [-0.3, -0.25) is 0 Å². The number of benzene rings is 1. The van der Waals surface area contributed by atoms with Crippen LogP contribution in [0.3, 0.4) is 0 Å². The molecule has 1 aromatic rings. The number of carbonyl (C=O) groups excluding carboxylic acids is 1. The smallest absolute Gasteiger partial charge is 0.338 e. The normalized spacial score (nSPS) is 23.0. The SMILES string of the molecule is CCOC(=O)c1ccc(C2COC(OC)C2)cc1. The summed E-state index contributed by atoms with van der Waals surface area (Å²) in [6.07, 6.45) is 0.745. The maximum absolute atomic E-state index is 11.5.